The first-order valence-electron chi connectivity index (χ1n) is 8.83. The molecule has 1 unspecified atom stereocenters. The number of hydrogen-bond donors (Lipinski definition) is 1. The number of esters is 1. The molecule has 2 aromatic carbocycles. The van der Waals surface area contributed by atoms with Crippen molar-refractivity contribution in [1.82, 2.24) is 5.32 Å². The summed E-state index contributed by atoms with van der Waals surface area (Å²) in [4.78, 5) is 23.9. The summed E-state index contributed by atoms with van der Waals surface area (Å²) in [5.74, 6) is 1.07. The largest absolute Gasteiger partial charge is 0.493 e. The second kappa shape index (κ2) is 10.2. The predicted molar refractivity (Wildman–Crippen MR) is 106 cm³/mol. The van der Waals surface area contributed by atoms with Crippen LogP contribution in [0, 0.1) is 0 Å². The Hall–Kier alpha value is -3.42. The Balaban J connectivity index is 2.15. The summed E-state index contributed by atoms with van der Waals surface area (Å²) < 4.78 is 25.9. The number of nitrogens with one attached hydrogen (secondary N) is 1. The van der Waals surface area contributed by atoms with Gasteiger partial charge in [0.25, 0.3) is 5.91 Å². The standard InChI is InChI=1S/C21H25NO7/c1-13(15-10-17(25-2)20(28-5)18(11-15)26-3)22-21(24)14-7-6-8-16(9-14)29-12-19(23)27-4/h6-11,13H,12H2,1-5H3,(H,22,24). The van der Waals surface area contributed by atoms with Crippen LogP contribution in [0.15, 0.2) is 36.4 Å². The number of methoxy groups -OCH3 is 4. The van der Waals surface area contributed by atoms with Crippen molar-refractivity contribution in [3.63, 3.8) is 0 Å². The maximum Gasteiger partial charge on any atom is 0.343 e. The number of amides is 1. The summed E-state index contributed by atoms with van der Waals surface area (Å²) in [6.45, 7) is 1.61. The number of hydrogen-bond acceptors (Lipinski definition) is 7. The molecule has 156 valence electrons. The molecule has 0 radical (unpaired) electrons. The van der Waals surface area contributed by atoms with Crippen LogP contribution in [0.5, 0.6) is 23.0 Å². The van der Waals surface area contributed by atoms with Crippen LogP contribution in [-0.2, 0) is 9.53 Å². The maximum atomic E-state index is 12.7. The van der Waals surface area contributed by atoms with Gasteiger partial charge in [-0.15, -0.1) is 0 Å². The molecule has 0 saturated heterocycles. The quantitative estimate of drug-likeness (QED) is 0.644. The molecule has 0 aliphatic rings. The molecule has 1 N–H and O–H groups in total. The normalized spacial score (nSPS) is 11.2. The topological polar surface area (TPSA) is 92.3 Å². The Morgan fingerprint density at radius 3 is 2.17 bits per heavy atom. The lowest BCUT2D eigenvalue weighted by atomic mass is 10.1. The average molecular weight is 403 g/mol. The molecular weight excluding hydrogens is 378 g/mol. The van der Waals surface area contributed by atoms with E-state index >= 15 is 0 Å². The van der Waals surface area contributed by atoms with Crippen molar-refractivity contribution in [3.8, 4) is 23.0 Å². The molecule has 0 bridgehead atoms. The summed E-state index contributed by atoms with van der Waals surface area (Å²) in [5, 5.41) is 2.92. The SMILES string of the molecule is COC(=O)COc1cccc(C(=O)NC(C)c2cc(OC)c(OC)c(OC)c2)c1. The van der Waals surface area contributed by atoms with Crippen molar-refractivity contribution in [1.29, 1.82) is 0 Å². The number of rotatable bonds is 9. The minimum atomic E-state index is -0.504. The Morgan fingerprint density at radius 1 is 0.966 bits per heavy atom. The molecule has 1 atom stereocenters. The molecule has 0 saturated carbocycles. The van der Waals surface area contributed by atoms with E-state index < -0.39 is 5.97 Å². The van der Waals surface area contributed by atoms with Gasteiger partial charge in [0.05, 0.1) is 34.5 Å². The van der Waals surface area contributed by atoms with Gasteiger partial charge in [-0.3, -0.25) is 4.79 Å². The summed E-state index contributed by atoms with van der Waals surface area (Å²) in [7, 11) is 5.87. The van der Waals surface area contributed by atoms with Gasteiger partial charge in [0.2, 0.25) is 5.75 Å². The Labute approximate surface area is 169 Å². The summed E-state index contributed by atoms with van der Waals surface area (Å²) in [6, 6.07) is 9.76. The summed E-state index contributed by atoms with van der Waals surface area (Å²) in [5.41, 5.74) is 1.18. The van der Waals surface area contributed by atoms with E-state index in [1.165, 1.54) is 28.4 Å². The van der Waals surface area contributed by atoms with E-state index in [-0.39, 0.29) is 18.6 Å². The molecule has 0 aromatic heterocycles. The molecule has 8 heteroatoms. The number of carbonyl (C=O) groups is 2. The van der Waals surface area contributed by atoms with E-state index in [1.54, 1.807) is 36.4 Å². The molecule has 0 aliphatic heterocycles. The highest BCUT2D eigenvalue weighted by Crippen LogP contribution is 2.39. The van der Waals surface area contributed by atoms with E-state index in [9.17, 15) is 9.59 Å². The smallest absolute Gasteiger partial charge is 0.343 e. The summed E-state index contributed by atoms with van der Waals surface area (Å²) in [6.07, 6.45) is 0. The molecule has 1 amide bonds. The second-order valence-corrected chi connectivity index (χ2v) is 6.05. The first kappa shape index (κ1) is 21.9. The lowest BCUT2D eigenvalue weighted by Crippen LogP contribution is -2.26. The molecule has 2 aromatic rings. The maximum absolute atomic E-state index is 12.7. The molecule has 0 heterocycles. The molecule has 0 spiro atoms. The van der Waals surface area contributed by atoms with Crippen LogP contribution >= 0.6 is 0 Å². The van der Waals surface area contributed by atoms with Gasteiger partial charge in [-0.05, 0) is 42.8 Å². The van der Waals surface area contributed by atoms with Gasteiger partial charge in [-0.25, -0.2) is 4.79 Å². The third-order valence-corrected chi connectivity index (χ3v) is 4.22. The fourth-order valence-electron chi connectivity index (χ4n) is 2.64. The highest BCUT2D eigenvalue weighted by molar-refractivity contribution is 5.94. The predicted octanol–water partition coefficient (Wildman–Crippen LogP) is 2.76. The van der Waals surface area contributed by atoms with Gasteiger partial charge >= 0.3 is 5.97 Å². The van der Waals surface area contributed by atoms with Crippen molar-refractivity contribution >= 4 is 11.9 Å². The van der Waals surface area contributed by atoms with Crippen molar-refractivity contribution in [3.05, 3.63) is 47.5 Å². The van der Waals surface area contributed by atoms with Crippen molar-refractivity contribution in [2.45, 2.75) is 13.0 Å². The Bertz CT molecular complexity index is 841. The molecule has 0 fully saturated rings. The summed E-state index contributed by atoms with van der Waals surface area (Å²) >= 11 is 0. The third kappa shape index (κ3) is 5.54. The van der Waals surface area contributed by atoms with Gasteiger partial charge in [-0.2, -0.15) is 0 Å². The fraction of sp³-hybridized carbons (Fsp3) is 0.333. The number of benzene rings is 2. The van der Waals surface area contributed by atoms with Gasteiger partial charge in [-0.1, -0.05) is 6.07 Å². The Morgan fingerprint density at radius 2 is 1.62 bits per heavy atom. The van der Waals surface area contributed by atoms with Crippen LogP contribution in [0.1, 0.15) is 28.9 Å². The van der Waals surface area contributed by atoms with Crippen LogP contribution in [0.4, 0.5) is 0 Å². The van der Waals surface area contributed by atoms with Gasteiger partial charge in [0.15, 0.2) is 18.1 Å². The second-order valence-electron chi connectivity index (χ2n) is 6.05. The molecule has 2 rings (SSSR count). The average Bonchev–Trinajstić information content (AvgIpc) is 2.76. The molecular formula is C21H25NO7. The van der Waals surface area contributed by atoms with Crippen molar-refractivity contribution in [2.24, 2.45) is 0 Å². The highest BCUT2D eigenvalue weighted by atomic mass is 16.6. The van der Waals surface area contributed by atoms with E-state index in [0.717, 1.165) is 5.56 Å². The first-order valence-corrected chi connectivity index (χ1v) is 8.83. The van der Waals surface area contributed by atoms with E-state index in [0.29, 0.717) is 28.6 Å². The zero-order valence-electron chi connectivity index (χ0n) is 17.1. The lowest BCUT2D eigenvalue weighted by molar-refractivity contribution is -0.142. The highest BCUT2D eigenvalue weighted by Gasteiger charge is 2.18. The van der Waals surface area contributed by atoms with Crippen LogP contribution < -0.4 is 24.3 Å². The molecule has 0 aliphatic carbocycles. The Kier molecular flexibility index (Phi) is 7.70. The van der Waals surface area contributed by atoms with Crippen molar-refractivity contribution < 1.29 is 33.3 Å². The van der Waals surface area contributed by atoms with Crippen LogP contribution in [-0.4, -0.2) is 46.9 Å². The van der Waals surface area contributed by atoms with Gasteiger partial charge < -0.3 is 29.0 Å². The minimum Gasteiger partial charge on any atom is -0.493 e. The number of ether oxygens (including phenoxy) is 5. The minimum absolute atomic E-state index is 0.233. The molecule has 8 nitrogen and oxygen atoms in total. The van der Waals surface area contributed by atoms with Crippen molar-refractivity contribution in [2.75, 3.05) is 35.0 Å². The zero-order chi connectivity index (χ0) is 21.4. The van der Waals surface area contributed by atoms with Crippen LogP contribution in [0.2, 0.25) is 0 Å². The third-order valence-electron chi connectivity index (χ3n) is 4.22. The monoisotopic (exact) mass is 403 g/mol. The first-order chi connectivity index (χ1) is 13.9. The molecule has 29 heavy (non-hydrogen) atoms. The van der Waals surface area contributed by atoms with Gasteiger partial charge in [0, 0.05) is 5.56 Å². The lowest BCUT2D eigenvalue weighted by Gasteiger charge is -2.19. The number of carbonyl (C=O) groups excluding carboxylic acids is 2. The van der Waals surface area contributed by atoms with Crippen LogP contribution in [0.25, 0.3) is 0 Å². The van der Waals surface area contributed by atoms with Gasteiger partial charge in [0.1, 0.15) is 5.75 Å². The van der Waals surface area contributed by atoms with E-state index in [4.69, 9.17) is 18.9 Å². The van der Waals surface area contributed by atoms with Crippen LogP contribution in [0.3, 0.4) is 0 Å². The zero-order valence-corrected chi connectivity index (χ0v) is 17.1. The fourth-order valence-corrected chi connectivity index (χ4v) is 2.64. The van der Waals surface area contributed by atoms with E-state index in [2.05, 4.69) is 10.1 Å². The van der Waals surface area contributed by atoms with E-state index in [1.807, 2.05) is 6.92 Å².